The normalized spacial score (nSPS) is 23.1. The van der Waals surface area contributed by atoms with Gasteiger partial charge in [-0.05, 0) is 26.2 Å². The zero-order valence-electron chi connectivity index (χ0n) is 11.8. The van der Waals surface area contributed by atoms with E-state index in [0.717, 1.165) is 48.9 Å². The van der Waals surface area contributed by atoms with Gasteiger partial charge in [0.25, 0.3) is 0 Å². The van der Waals surface area contributed by atoms with Crippen molar-refractivity contribution < 1.29 is 9.26 Å². The molecule has 5 nitrogen and oxygen atoms in total. The summed E-state index contributed by atoms with van der Waals surface area (Å²) < 4.78 is 11.2. The van der Waals surface area contributed by atoms with E-state index in [0.29, 0.717) is 17.8 Å². The first kappa shape index (κ1) is 13.7. The summed E-state index contributed by atoms with van der Waals surface area (Å²) in [6.07, 6.45) is 4.51. The summed E-state index contributed by atoms with van der Waals surface area (Å²) in [5.41, 5.74) is 0.991. The van der Waals surface area contributed by atoms with Gasteiger partial charge in [-0.25, -0.2) is 4.98 Å². The highest BCUT2D eigenvalue weighted by atomic mass is 32.1. The molecule has 0 bridgehead atoms. The van der Waals surface area contributed by atoms with Gasteiger partial charge in [-0.2, -0.15) is 4.98 Å². The monoisotopic (exact) mass is 293 g/mol. The van der Waals surface area contributed by atoms with Crippen molar-refractivity contribution in [1.82, 2.24) is 15.1 Å². The largest absolute Gasteiger partial charge is 0.378 e. The topological polar surface area (TPSA) is 61.0 Å². The summed E-state index contributed by atoms with van der Waals surface area (Å²) in [7, 11) is 0. The Morgan fingerprint density at radius 1 is 1.40 bits per heavy atom. The van der Waals surface area contributed by atoms with Crippen molar-refractivity contribution in [2.45, 2.75) is 51.6 Å². The molecular weight excluding hydrogens is 274 g/mol. The summed E-state index contributed by atoms with van der Waals surface area (Å²) in [6, 6.07) is 0. The summed E-state index contributed by atoms with van der Waals surface area (Å²) in [4.78, 5) is 8.92. The summed E-state index contributed by atoms with van der Waals surface area (Å²) >= 11 is 1.55. The van der Waals surface area contributed by atoms with Gasteiger partial charge in [0.15, 0.2) is 5.01 Å². The van der Waals surface area contributed by atoms with Crippen LogP contribution in [0.3, 0.4) is 0 Å². The molecule has 0 N–H and O–H groups in total. The standard InChI is InChI=1S/C14H19N3O2S/c1-3-4-11-7-10(5-6-18-11)13-16-12(17-19-13)14-15-9(2)8-20-14/h8,10-11H,3-7H2,1-2H3/t10-,11+/m0/s1. The zero-order valence-corrected chi connectivity index (χ0v) is 12.7. The van der Waals surface area contributed by atoms with Crippen molar-refractivity contribution in [3.63, 3.8) is 0 Å². The van der Waals surface area contributed by atoms with Gasteiger partial charge in [-0.15, -0.1) is 11.3 Å². The molecule has 2 atom stereocenters. The molecule has 0 unspecified atom stereocenters. The predicted molar refractivity (Wildman–Crippen MR) is 76.8 cm³/mol. The van der Waals surface area contributed by atoms with Crippen LogP contribution in [0.5, 0.6) is 0 Å². The number of nitrogens with zero attached hydrogens (tertiary/aromatic N) is 3. The maximum absolute atomic E-state index is 5.76. The molecule has 0 aliphatic carbocycles. The number of thiazole rings is 1. The van der Waals surface area contributed by atoms with Crippen molar-refractivity contribution >= 4 is 11.3 Å². The highest BCUT2D eigenvalue weighted by molar-refractivity contribution is 7.13. The highest BCUT2D eigenvalue weighted by Gasteiger charge is 2.28. The fraction of sp³-hybridized carbons (Fsp3) is 0.643. The van der Waals surface area contributed by atoms with Crippen molar-refractivity contribution in [3.05, 3.63) is 17.0 Å². The van der Waals surface area contributed by atoms with Crippen LogP contribution in [-0.4, -0.2) is 27.8 Å². The van der Waals surface area contributed by atoms with Gasteiger partial charge in [0, 0.05) is 23.6 Å². The van der Waals surface area contributed by atoms with Crippen molar-refractivity contribution in [2.24, 2.45) is 0 Å². The highest BCUT2D eigenvalue weighted by Crippen LogP contribution is 2.32. The average molecular weight is 293 g/mol. The molecule has 0 saturated carbocycles. The van der Waals surface area contributed by atoms with Crippen LogP contribution in [0.4, 0.5) is 0 Å². The third-order valence-electron chi connectivity index (χ3n) is 3.58. The van der Waals surface area contributed by atoms with Gasteiger partial charge in [-0.3, -0.25) is 0 Å². The van der Waals surface area contributed by atoms with E-state index in [1.807, 2.05) is 12.3 Å². The smallest absolute Gasteiger partial charge is 0.231 e. The number of hydrogen-bond acceptors (Lipinski definition) is 6. The maximum atomic E-state index is 5.76. The Bertz CT molecular complexity index is 564. The number of aryl methyl sites for hydroxylation is 1. The van der Waals surface area contributed by atoms with Gasteiger partial charge in [0.2, 0.25) is 11.7 Å². The minimum absolute atomic E-state index is 0.322. The van der Waals surface area contributed by atoms with Crippen LogP contribution in [0.15, 0.2) is 9.90 Å². The molecule has 2 aromatic heterocycles. The van der Waals surface area contributed by atoms with E-state index in [1.54, 1.807) is 11.3 Å². The van der Waals surface area contributed by atoms with Crippen LogP contribution >= 0.6 is 11.3 Å². The Kier molecular flexibility index (Phi) is 4.12. The second-order valence-corrected chi connectivity index (χ2v) is 6.11. The number of ether oxygens (including phenoxy) is 1. The van der Waals surface area contributed by atoms with E-state index < -0.39 is 0 Å². The molecule has 1 fully saturated rings. The third-order valence-corrected chi connectivity index (χ3v) is 4.54. The Morgan fingerprint density at radius 2 is 2.30 bits per heavy atom. The third kappa shape index (κ3) is 2.91. The first-order chi connectivity index (χ1) is 9.76. The van der Waals surface area contributed by atoms with Crippen molar-refractivity contribution in [1.29, 1.82) is 0 Å². The van der Waals surface area contributed by atoms with Gasteiger partial charge < -0.3 is 9.26 Å². The Labute approximate surface area is 122 Å². The molecule has 1 aliphatic rings. The van der Waals surface area contributed by atoms with Crippen LogP contribution in [0, 0.1) is 6.92 Å². The lowest BCUT2D eigenvalue weighted by atomic mass is 9.93. The number of rotatable bonds is 4. The predicted octanol–water partition coefficient (Wildman–Crippen LogP) is 3.56. The molecule has 3 heterocycles. The summed E-state index contributed by atoms with van der Waals surface area (Å²) in [5.74, 6) is 1.66. The van der Waals surface area contributed by atoms with Crippen LogP contribution in [-0.2, 0) is 4.74 Å². The minimum Gasteiger partial charge on any atom is -0.378 e. The molecule has 3 rings (SSSR count). The number of aromatic nitrogens is 3. The molecule has 0 radical (unpaired) electrons. The van der Waals surface area contributed by atoms with Gasteiger partial charge in [0.1, 0.15) is 0 Å². The summed E-state index contributed by atoms with van der Waals surface area (Å²) in [5, 5.41) is 6.89. The fourth-order valence-electron chi connectivity index (χ4n) is 2.57. The molecule has 0 aromatic carbocycles. The number of hydrogen-bond donors (Lipinski definition) is 0. The molecule has 20 heavy (non-hydrogen) atoms. The first-order valence-electron chi connectivity index (χ1n) is 7.14. The van der Waals surface area contributed by atoms with Crippen LogP contribution in [0.25, 0.3) is 10.8 Å². The molecule has 2 aromatic rings. The molecule has 0 amide bonds. The Hall–Kier alpha value is -1.27. The lowest BCUT2D eigenvalue weighted by Crippen LogP contribution is -2.24. The van der Waals surface area contributed by atoms with Crippen molar-refractivity contribution in [3.8, 4) is 10.8 Å². The van der Waals surface area contributed by atoms with Crippen LogP contribution < -0.4 is 0 Å². The first-order valence-corrected chi connectivity index (χ1v) is 8.02. The molecule has 6 heteroatoms. The molecule has 1 aliphatic heterocycles. The fourth-order valence-corrected chi connectivity index (χ4v) is 3.29. The van der Waals surface area contributed by atoms with E-state index in [-0.39, 0.29) is 0 Å². The van der Waals surface area contributed by atoms with Crippen LogP contribution in [0.2, 0.25) is 0 Å². The second kappa shape index (κ2) is 6.01. The van der Waals surface area contributed by atoms with Gasteiger partial charge in [-0.1, -0.05) is 18.5 Å². The zero-order chi connectivity index (χ0) is 13.9. The van der Waals surface area contributed by atoms with Gasteiger partial charge in [0.05, 0.1) is 6.10 Å². The molecule has 1 saturated heterocycles. The summed E-state index contributed by atoms with van der Waals surface area (Å²) in [6.45, 7) is 4.93. The van der Waals surface area contributed by atoms with Crippen LogP contribution in [0.1, 0.15) is 50.1 Å². The minimum atomic E-state index is 0.322. The lowest BCUT2D eigenvalue weighted by Gasteiger charge is -2.27. The van der Waals surface area contributed by atoms with E-state index in [2.05, 4.69) is 22.0 Å². The quantitative estimate of drug-likeness (QED) is 0.862. The van der Waals surface area contributed by atoms with E-state index in [4.69, 9.17) is 9.26 Å². The maximum Gasteiger partial charge on any atom is 0.231 e. The SMILES string of the molecule is CCC[C@@H]1C[C@@H](c2nc(-c3nc(C)cs3)no2)CCO1. The molecular formula is C14H19N3O2S. The van der Waals surface area contributed by atoms with E-state index in [9.17, 15) is 0 Å². The molecule has 108 valence electrons. The second-order valence-electron chi connectivity index (χ2n) is 5.25. The lowest BCUT2D eigenvalue weighted by molar-refractivity contribution is -0.00302. The van der Waals surface area contributed by atoms with Crippen molar-refractivity contribution in [2.75, 3.05) is 6.61 Å². The Morgan fingerprint density at radius 3 is 3.05 bits per heavy atom. The average Bonchev–Trinajstić information content (AvgIpc) is 3.08. The van der Waals surface area contributed by atoms with E-state index >= 15 is 0 Å². The Balaban J connectivity index is 1.73. The van der Waals surface area contributed by atoms with E-state index in [1.165, 1.54) is 0 Å². The van der Waals surface area contributed by atoms with Gasteiger partial charge >= 0.3 is 0 Å². The molecule has 0 spiro atoms.